The lowest BCUT2D eigenvalue weighted by atomic mass is 10.0. The van der Waals surface area contributed by atoms with E-state index in [4.69, 9.17) is 5.73 Å². The van der Waals surface area contributed by atoms with E-state index in [-0.39, 0.29) is 6.04 Å². The van der Waals surface area contributed by atoms with Crippen LogP contribution in [0.5, 0.6) is 0 Å². The Hall–Kier alpha value is -0.420. The SMILES string of the molecule is CCCCCCCCCCCCCCCCSCC(CN)NC(=O)OC. The van der Waals surface area contributed by atoms with Crippen molar-refractivity contribution >= 4 is 17.9 Å². The van der Waals surface area contributed by atoms with Gasteiger partial charge in [0, 0.05) is 12.3 Å². The Balaban J connectivity index is 3.20. The van der Waals surface area contributed by atoms with Gasteiger partial charge in [-0.15, -0.1) is 0 Å². The van der Waals surface area contributed by atoms with Crippen LogP contribution < -0.4 is 11.1 Å². The molecule has 0 aliphatic heterocycles. The van der Waals surface area contributed by atoms with Crippen LogP contribution in [0.15, 0.2) is 0 Å². The lowest BCUT2D eigenvalue weighted by Crippen LogP contribution is -2.41. The Morgan fingerprint density at radius 2 is 1.35 bits per heavy atom. The van der Waals surface area contributed by atoms with Crippen LogP contribution in [0, 0.1) is 0 Å². The van der Waals surface area contributed by atoms with Gasteiger partial charge >= 0.3 is 6.09 Å². The molecule has 156 valence electrons. The van der Waals surface area contributed by atoms with E-state index in [1.165, 1.54) is 97.0 Å². The molecule has 4 nitrogen and oxygen atoms in total. The van der Waals surface area contributed by atoms with Crippen molar-refractivity contribution in [2.45, 2.75) is 103 Å². The van der Waals surface area contributed by atoms with Gasteiger partial charge in [-0.2, -0.15) is 11.8 Å². The van der Waals surface area contributed by atoms with Crippen molar-refractivity contribution in [3.8, 4) is 0 Å². The van der Waals surface area contributed by atoms with Crippen molar-refractivity contribution < 1.29 is 9.53 Å². The number of hydrogen-bond donors (Lipinski definition) is 2. The van der Waals surface area contributed by atoms with Gasteiger partial charge in [0.1, 0.15) is 0 Å². The molecule has 3 N–H and O–H groups in total. The van der Waals surface area contributed by atoms with Gasteiger partial charge in [0.15, 0.2) is 0 Å². The van der Waals surface area contributed by atoms with Crippen LogP contribution in [0.1, 0.15) is 96.8 Å². The molecule has 0 aromatic carbocycles. The van der Waals surface area contributed by atoms with E-state index >= 15 is 0 Å². The summed E-state index contributed by atoms with van der Waals surface area (Å²) in [5, 5.41) is 2.76. The third kappa shape index (κ3) is 18.4. The zero-order valence-corrected chi connectivity index (χ0v) is 18.2. The molecule has 0 heterocycles. The Morgan fingerprint density at radius 1 is 0.885 bits per heavy atom. The average Bonchev–Trinajstić information content (AvgIpc) is 2.66. The van der Waals surface area contributed by atoms with Gasteiger partial charge in [-0.25, -0.2) is 4.79 Å². The lowest BCUT2D eigenvalue weighted by Gasteiger charge is -2.15. The second-order valence-electron chi connectivity index (χ2n) is 7.24. The highest BCUT2D eigenvalue weighted by atomic mass is 32.2. The van der Waals surface area contributed by atoms with Crippen LogP contribution in [0.25, 0.3) is 0 Å². The smallest absolute Gasteiger partial charge is 0.407 e. The van der Waals surface area contributed by atoms with Crippen molar-refractivity contribution in [3.05, 3.63) is 0 Å². The number of unbranched alkanes of at least 4 members (excludes halogenated alkanes) is 13. The summed E-state index contributed by atoms with van der Waals surface area (Å²) in [4.78, 5) is 11.2. The van der Waals surface area contributed by atoms with Crippen molar-refractivity contribution in [1.29, 1.82) is 0 Å². The predicted molar refractivity (Wildman–Crippen MR) is 116 cm³/mol. The summed E-state index contributed by atoms with van der Waals surface area (Å²) >= 11 is 1.87. The average molecular weight is 389 g/mol. The molecule has 0 saturated carbocycles. The second-order valence-corrected chi connectivity index (χ2v) is 8.39. The van der Waals surface area contributed by atoms with Crippen molar-refractivity contribution in [2.24, 2.45) is 5.73 Å². The minimum Gasteiger partial charge on any atom is -0.453 e. The Bertz CT molecular complexity index is 304. The van der Waals surface area contributed by atoms with Crippen LogP contribution in [0.2, 0.25) is 0 Å². The van der Waals surface area contributed by atoms with E-state index in [0.717, 1.165) is 11.5 Å². The maximum absolute atomic E-state index is 11.2. The fourth-order valence-electron chi connectivity index (χ4n) is 3.02. The van der Waals surface area contributed by atoms with Gasteiger partial charge in [-0.3, -0.25) is 0 Å². The van der Waals surface area contributed by atoms with Gasteiger partial charge in [-0.05, 0) is 12.2 Å². The molecule has 0 spiro atoms. The van der Waals surface area contributed by atoms with E-state index in [9.17, 15) is 4.79 Å². The monoisotopic (exact) mass is 388 g/mol. The molecule has 1 amide bonds. The fraction of sp³-hybridized carbons (Fsp3) is 0.952. The molecule has 5 heteroatoms. The second kappa shape index (κ2) is 20.9. The molecule has 0 bridgehead atoms. The molecule has 0 aliphatic rings. The van der Waals surface area contributed by atoms with Crippen LogP contribution in [0.4, 0.5) is 4.79 Å². The Kier molecular flexibility index (Phi) is 20.5. The van der Waals surface area contributed by atoms with Gasteiger partial charge in [0.2, 0.25) is 0 Å². The number of thioether (sulfide) groups is 1. The molecule has 0 rings (SSSR count). The van der Waals surface area contributed by atoms with Crippen LogP contribution in [-0.2, 0) is 4.74 Å². The minimum atomic E-state index is -0.391. The molecule has 1 unspecified atom stereocenters. The van der Waals surface area contributed by atoms with E-state index in [1.807, 2.05) is 11.8 Å². The number of carbonyl (C=O) groups is 1. The van der Waals surface area contributed by atoms with Crippen molar-refractivity contribution in [2.75, 3.05) is 25.2 Å². The molecule has 0 aliphatic carbocycles. The molecule has 0 aromatic rings. The summed E-state index contributed by atoms with van der Waals surface area (Å²) in [6.07, 6.45) is 19.1. The maximum Gasteiger partial charge on any atom is 0.407 e. The molecule has 1 atom stereocenters. The molecular weight excluding hydrogens is 344 g/mol. The van der Waals surface area contributed by atoms with E-state index in [0.29, 0.717) is 6.54 Å². The van der Waals surface area contributed by atoms with Crippen LogP contribution in [-0.4, -0.2) is 37.3 Å². The van der Waals surface area contributed by atoms with Crippen molar-refractivity contribution in [3.63, 3.8) is 0 Å². The molecular formula is C21H44N2O2S. The number of amides is 1. The number of carbonyl (C=O) groups excluding carboxylic acids is 1. The van der Waals surface area contributed by atoms with Crippen LogP contribution in [0.3, 0.4) is 0 Å². The molecule has 0 radical (unpaired) electrons. The van der Waals surface area contributed by atoms with E-state index in [2.05, 4.69) is 17.0 Å². The highest BCUT2D eigenvalue weighted by Gasteiger charge is 2.10. The minimum absolute atomic E-state index is 0.0131. The number of alkyl carbamates (subject to hydrolysis) is 1. The van der Waals surface area contributed by atoms with Gasteiger partial charge < -0.3 is 15.8 Å². The fourth-order valence-corrected chi connectivity index (χ4v) is 4.10. The first kappa shape index (κ1) is 25.6. The standard InChI is InChI=1S/C21H44N2O2S/c1-3-4-5-6-7-8-9-10-11-12-13-14-15-16-17-26-19-20(18-22)23-21(24)25-2/h20H,3-19,22H2,1-2H3,(H,23,24). The largest absolute Gasteiger partial charge is 0.453 e. The summed E-state index contributed by atoms with van der Waals surface area (Å²) in [6.45, 7) is 2.74. The number of nitrogens with one attached hydrogen (secondary N) is 1. The topological polar surface area (TPSA) is 64.3 Å². The molecule has 0 aromatic heterocycles. The van der Waals surface area contributed by atoms with E-state index in [1.54, 1.807) is 0 Å². The van der Waals surface area contributed by atoms with Gasteiger partial charge in [0.05, 0.1) is 13.2 Å². The Labute approximate surface area is 166 Å². The van der Waals surface area contributed by atoms with Gasteiger partial charge in [0.25, 0.3) is 0 Å². The highest BCUT2D eigenvalue weighted by molar-refractivity contribution is 7.99. The number of hydrogen-bond acceptors (Lipinski definition) is 4. The summed E-state index contributed by atoms with van der Waals surface area (Å²) in [5.74, 6) is 2.02. The first-order valence-corrected chi connectivity index (χ1v) is 12.0. The summed E-state index contributed by atoms with van der Waals surface area (Å²) in [5.41, 5.74) is 5.66. The number of ether oxygens (including phenoxy) is 1. The number of nitrogens with two attached hydrogens (primary N) is 1. The first-order chi connectivity index (χ1) is 12.7. The zero-order valence-electron chi connectivity index (χ0n) is 17.4. The highest BCUT2D eigenvalue weighted by Crippen LogP contribution is 2.14. The van der Waals surface area contributed by atoms with E-state index < -0.39 is 6.09 Å². The molecule has 26 heavy (non-hydrogen) atoms. The Morgan fingerprint density at radius 3 is 1.77 bits per heavy atom. The summed E-state index contributed by atoms with van der Waals surface area (Å²) in [7, 11) is 1.38. The maximum atomic E-state index is 11.2. The van der Waals surface area contributed by atoms with Crippen LogP contribution >= 0.6 is 11.8 Å². The lowest BCUT2D eigenvalue weighted by molar-refractivity contribution is 0.168. The predicted octanol–water partition coefficient (Wildman–Crippen LogP) is 5.88. The zero-order chi connectivity index (χ0) is 19.3. The third-order valence-corrected chi connectivity index (χ3v) is 5.97. The number of methoxy groups -OCH3 is 1. The summed E-state index contributed by atoms with van der Waals surface area (Å²) < 4.78 is 4.60. The normalized spacial score (nSPS) is 12.1. The summed E-state index contributed by atoms with van der Waals surface area (Å²) in [6, 6.07) is 0.0131. The first-order valence-electron chi connectivity index (χ1n) is 10.9. The van der Waals surface area contributed by atoms with Crippen molar-refractivity contribution in [1.82, 2.24) is 5.32 Å². The van der Waals surface area contributed by atoms with Gasteiger partial charge in [-0.1, -0.05) is 90.4 Å². The third-order valence-electron chi connectivity index (χ3n) is 4.75. The molecule has 0 fully saturated rings. The molecule has 0 saturated heterocycles. The quantitative estimate of drug-likeness (QED) is 0.271. The number of rotatable bonds is 19.